The predicted molar refractivity (Wildman–Crippen MR) is 99.8 cm³/mol. The van der Waals surface area contributed by atoms with E-state index in [1.165, 1.54) is 5.56 Å². The molecule has 1 heterocycles. The summed E-state index contributed by atoms with van der Waals surface area (Å²) in [5, 5.41) is 3.26. The van der Waals surface area contributed by atoms with Crippen molar-refractivity contribution >= 4 is 28.9 Å². The van der Waals surface area contributed by atoms with Crippen molar-refractivity contribution in [2.24, 2.45) is 0 Å². The number of amides is 1. The number of carbonyl (C=O) groups is 1. The molecule has 0 atom stereocenters. The van der Waals surface area contributed by atoms with Crippen molar-refractivity contribution in [1.82, 2.24) is 5.32 Å². The number of thiocarbonyl (C=S) groups is 1. The van der Waals surface area contributed by atoms with Crippen LogP contribution in [0.4, 0.5) is 5.69 Å². The molecule has 0 aliphatic carbocycles. The fourth-order valence-corrected chi connectivity index (χ4v) is 3.06. The first-order valence-corrected chi connectivity index (χ1v) is 8.54. The van der Waals surface area contributed by atoms with Gasteiger partial charge in [0.05, 0.1) is 12.2 Å². The molecule has 0 unspecified atom stereocenters. The molecule has 0 saturated heterocycles. The van der Waals surface area contributed by atoms with Gasteiger partial charge in [-0.25, -0.2) is 0 Å². The number of hydrogen-bond acceptors (Lipinski definition) is 3. The van der Waals surface area contributed by atoms with Crippen molar-refractivity contribution in [3.8, 4) is 5.75 Å². The first-order chi connectivity index (χ1) is 11.7. The third-order valence-electron chi connectivity index (χ3n) is 3.95. The van der Waals surface area contributed by atoms with E-state index in [4.69, 9.17) is 17.0 Å². The lowest BCUT2D eigenvalue weighted by Gasteiger charge is -2.21. The molecule has 3 rings (SSSR count). The van der Waals surface area contributed by atoms with Crippen molar-refractivity contribution in [2.45, 2.75) is 19.8 Å². The van der Waals surface area contributed by atoms with E-state index in [-0.39, 0.29) is 5.91 Å². The normalized spacial score (nSPS) is 12.6. The van der Waals surface area contributed by atoms with Gasteiger partial charge in [0, 0.05) is 12.2 Å². The van der Waals surface area contributed by atoms with E-state index in [1.807, 2.05) is 42.2 Å². The minimum atomic E-state index is -0.240. The highest BCUT2D eigenvalue weighted by molar-refractivity contribution is 7.80. The van der Waals surface area contributed by atoms with E-state index >= 15 is 0 Å². The average Bonchev–Trinajstić information content (AvgIpc) is 3.04. The Balaban J connectivity index is 1.73. The zero-order valence-electron chi connectivity index (χ0n) is 13.6. The van der Waals surface area contributed by atoms with Crippen LogP contribution in [-0.2, 0) is 6.42 Å². The topological polar surface area (TPSA) is 41.6 Å². The van der Waals surface area contributed by atoms with Gasteiger partial charge in [-0.3, -0.25) is 10.1 Å². The summed E-state index contributed by atoms with van der Waals surface area (Å²) in [6.07, 6.45) is 1.82. The van der Waals surface area contributed by atoms with Crippen LogP contribution in [0.5, 0.6) is 5.75 Å². The van der Waals surface area contributed by atoms with E-state index in [2.05, 4.69) is 11.4 Å². The second kappa shape index (κ2) is 7.45. The van der Waals surface area contributed by atoms with Gasteiger partial charge in [0.2, 0.25) is 0 Å². The summed E-state index contributed by atoms with van der Waals surface area (Å²) in [6.45, 7) is 3.39. The summed E-state index contributed by atoms with van der Waals surface area (Å²) in [6, 6.07) is 15.4. The molecule has 1 aliphatic rings. The second-order valence-electron chi connectivity index (χ2n) is 5.63. The molecule has 5 heteroatoms. The molecule has 0 radical (unpaired) electrons. The van der Waals surface area contributed by atoms with Crippen LogP contribution in [0.15, 0.2) is 48.5 Å². The maximum absolute atomic E-state index is 12.6. The van der Waals surface area contributed by atoms with E-state index in [0.717, 1.165) is 25.1 Å². The molecular formula is C19H20N2O2S. The summed E-state index contributed by atoms with van der Waals surface area (Å²) in [7, 11) is 0. The van der Waals surface area contributed by atoms with Crippen LogP contribution in [0.3, 0.4) is 0 Å². The smallest absolute Gasteiger partial charge is 0.261 e. The molecule has 0 bridgehead atoms. The molecule has 2 aromatic carbocycles. The highest BCUT2D eigenvalue weighted by Gasteiger charge is 2.23. The summed E-state index contributed by atoms with van der Waals surface area (Å²) in [4.78, 5) is 14.6. The standard InChI is InChI=1S/C19H20N2O2S/c1-2-13-23-17-10-6-4-8-15(17)18(22)20-19(24)21-12-11-14-7-3-5-9-16(14)21/h3-10H,2,11-13H2,1H3,(H,20,22,24). The molecular weight excluding hydrogens is 320 g/mol. The first-order valence-electron chi connectivity index (χ1n) is 8.13. The van der Waals surface area contributed by atoms with E-state index in [9.17, 15) is 4.79 Å². The molecule has 1 N–H and O–H groups in total. The summed E-state index contributed by atoms with van der Waals surface area (Å²) < 4.78 is 5.65. The van der Waals surface area contributed by atoms with Gasteiger partial charge < -0.3 is 9.64 Å². The lowest BCUT2D eigenvalue weighted by atomic mass is 10.2. The Morgan fingerprint density at radius 1 is 1.21 bits per heavy atom. The molecule has 0 aromatic heterocycles. The van der Waals surface area contributed by atoms with Gasteiger partial charge in [-0.2, -0.15) is 0 Å². The number of benzene rings is 2. The van der Waals surface area contributed by atoms with Crippen LogP contribution in [0.1, 0.15) is 29.3 Å². The van der Waals surface area contributed by atoms with Crippen LogP contribution in [0, 0.1) is 0 Å². The number of carbonyl (C=O) groups excluding carboxylic acids is 1. The van der Waals surface area contributed by atoms with Crippen LogP contribution in [-0.4, -0.2) is 24.2 Å². The largest absolute Gasteiger partial charge is 0.493 e. The zero-order chi connectivity index (χ0) is 16.9. The Morgan fingerprint density at radius 3 is 2.79 bits per heavy atom. The van der Waals surface area contributed by atoms with Gasteiger partial charge in [-0.1, -0.05) is 37.3 Å². The Kier molecular flexibility index (Phi) is 5.11. The van der Waals surface area contributed by atoms with Crippen LogP contribution >= 0.6 is 12.2 Å². The minimum absolute atomic E-state index is 0.240. The Labute approximate surface area is 147 Å². The molecule has 24 heavy (non-hydrogen) atoms. The number of para-hydroxylation sites is 2. The van der Waals surface area contributed by atoms with Crippen molar-refractivity contribution in [3.05, 3.63) is 59.7 Å². The summed E-state index contributed by atoms with van der Waals surface area (Å²) in [5.74, 6) is 0.345. The SMILES string of the molecule is CCCOc1ccccc1C(=O)NC(=S)N1CCc2ccccc21. The zero-order valence-corrected chi connectivity index (χ0v) is 14.4. The van der Waals surface area contributed by atoms with Crippen LogP contribution in [0.25, 0.3) is 0 Å². The molecule has 1 aliphatic heterocycles. The van der Waals surface area contributed by atoms with Gasteiger partial charge in [-0.05, 0) is 48.8 Å². The summed E-state index contributed by atoms with van der Waals surface area (Å²) in [5.41, 5.74) is 2.82. The van der Waals surface area contributed by atoms with Gasteiger partial charge in [0.1, 0.15) is 5.75 Å². The van der Waals surface area contributed by atoms with E-state index in [1.54, 1.807) is 12.1 Å². The second-order valence-corrected chi connectivity index (χ2v) is 6.02. The van der Waals surface area contributed by atoms with Crippen molar-refractivity contribution in [3.63, 3.8) is 0 Å². The monoisotopic (exact) mass is 340 g/mol. The van der Waals surface area contributed by atoms with Crippen molar-refractivity contribution < 1.29 is 9.53 Å². The third kappa shape index (κ3) is 3.41. The molecule has 1 amide bonds. The number of anilines is 1. The number of ether oxygens (including phenoxy) is 1. The first kappa shape index (κ1) is 16.5. The maximum atomic E-state index is 12.6. The molecule has 2 aromatic rings. The number of hydrogen-bond donors (Lipinski definition) is 1. The fraction of sp³-hybridized carbons (Fsp3) is 0.263. The Morgan fingerprint density at radius 2 is 1.96 bits per heavy atom. The molecule has 0 fully saturated rings. The quantitative estimate of drug-likeness (QED) is 0.864. The van der Waals surface area contributed by atoms with Gasteiger partial charge >= 0.3 is 0 Å². The number of nitrogens with one attached hydrogen (secondary N) is 1. The summed E-state index contributed by atoms with van der Waals surface area (Å²) >= 11 is 5.45. The number of nitrogens with zero attached hydrogens (tertiary/aromatic N) is 1. The average molecular weight is 340 g/mol. The van der Waals surface area contributed by atoms with Crippen LogP contribution < -0.4 is 15.0 Å². The fourth-order valence-electron chi connectivity index (χ4n) is 2.77. The van der Waals surface area contributed by atoms with E-state index in [0.29, 0.717) is 23.0 Å². The highest BCUT2D eigenvalue weighted by atomic mass is 32.1. The number of rotatable bonds is 4. The van der Waals surface area contributed by atoms with Crippen molar-refractivity contribution in [1.29, 1.82) is 0 Å². The van der Waals surface area contributed by atoms with Gasteiger partial charge in [-0.15, -0.1) is 0 Å². The van der Waals surface area contributed by atoms with E-state index < -0.39 is 0 Å². The Hall–Kier alpha value is -2.40. The van der Waals surface area contributed by atoms with Gasteiger partial charge in [0.15, 0.2) is 5.11 Å². The number of fused-ring (bicyclic) bond motifs is 1. The van der Waals surface area contributed by atoms with Crippen LogP contribution in [0.2, 0.25) is 0 Å². The Bertz CT molecular complexity index is 761. The molecule has 4 nitrogen and oxygen atoms in total. The minimum Gasteiger partial charge on any atom is -0.493 e. The molecule has 0 saturated carbocycles. The molecule has 0 spiro atoms. The predicted octanol–water partition coefficient (Wildman–Crippen LogP) is 3.55. The maximum Gasteiger partial charge on any atom is 0.261 e. The molecule has 124 valence electrons. The van der Waals surface area contributed by atoms with Gasteiger partial charge in [0.25, 0.3) is 5.91 Å². The third-order valence-corrected chi connectivity index (χ3v) is 4.27. The lowest BCUT2D eigenvalue weighted by Crippen LogP contribution is -2.42. The highest BCUT2D eigenvalue weighted by Crippen LogP contribution is 2.27. The lowest BCUT2D eigenvalue weighted by molar-refractivity contribution is 0.0973. The van der Waals surface area contributed by atoms with Crippen molar-refractivity contribution in [2.75, 3.05) is 18.1 Å².